The summed E-state index contributed by atoms with van der Waals surface area (Å²) in [4.78, 5) is 0. The van der Waals surface area contributed by atoms with Crippen molar-refractivity contribution < 1.29 is 19.3 Å². The van der Waals surface area contributed by atoms with Crippen molar-refractivity contribution in [1.82, 2.24) is 0 Å². The molecule has 2 rings (SSSR count). The minimum atomic E-state index is -0.634. The molecule has 4 heteroatoms. The fraction of sp³-hybridized carbons (Fsp3) is 0.375. The van der Waals surface area contributed by atoms with Crippen LogP contribution in [0.3, 0.4) is 0 Å². The molecule has 2 aromatic rings. The number of hydrogen-bond donors (Lipinski definition) is 1. The van der Waals surface area contributed by atoms with E-state index in [0.29, 0.717) is 6.61 Å². The number of aliphatic hydroxyl groups is 1. The number of fused-ring (bicyclic) bond motifs is 1. The largest absolute Gasteiger partial charge is 0.493 e. The first-order valence-electron chi connectivity index (χ1n) is 6.70. The molecule has 0 bridgehead atoms. The fourth-order valence-electron chi connectivity index (χ4n) is 2.08. The number of methoxy groups -OCH3 is 1. The van der Waals surface area contributed by atoms with Crippen LogP contribution in [0.15, 0.2) is 36.4 Å². The van der Waals surface area contributed by atoms with Crippen LogP contribution in [0.4, 0.5) is 0 Å². The highest BCUT2D eigenvalue weighted by atomic mass is 16.5. The third-order valence-electron chi connectivity index (χ3n) is 2.93. The summed E-state index contributed by atoms with van der Waals surface area (Å²) in [6.07, 6.45) is -0.634. The number of ether oxygens (including phenoxy) is 3. The van der Waals surface area contributed by atoms with Crippen LogP contribution >= 0.6 is 0 Å². The fourth-order valence-corrected chi connectivity index (χ4v) is 2.08. The Balaban J connectivity index is 2.24. The third kappa shape index (κ3) is 3.40. The second-order valence-electron chi connectivity index (χ2n) is 4.46. The topological polar surface area (TPSA) is 47.9 Å². The molecule has 0 aliphatic rings. The van der Waals surface area contributed by atoms with E-state index in [1.165, 1.54) is 0 Å². The summed E-state index contributed by atoms with van der Waals surface area (Å²) >= 11 is 0. The van der Waals surface area contributed by atoms with Crippen molar-refractivity contribution in [3.63, 3.8) is 0 Å². The maximum absolute atomic E-state index is 9.65. The van der Waals surface area contributed by atoms with Gasteiger partial charge in [-0.2, -0.15) is 0 Å². The van der Waals surface area contributed by atoms with Crippen LogP contribution in [0.25, 0.3) is 10.8 Å². The molecule has 0 spiro atoms. The molecule has 0 amide bonds. The SMILES string of the molecule is CCOc1ccc(OCC(O)COC)c2ccccc12. The van der Waals surface area contributed by atoms with Crippen molar-refractivity contribution in [1.29, 1.82) is 0 Å². The van der Waals surface area contributed by atoms with Gasteiger partial charge in [0, 0.05) is 17.9 Å². The molecular formula is C16H20O4. The number of hydrogen-bond acceptors (Lipinski definition) is 4. The average molecular weight is 276 g/mol. The second-order valence-corrected chi connectivity index (χ2v) is 4.46. The van der Waals surface area contributed by atoms with Crippen LogP contribution in [0.5, 0.6) is 11.5 Å². The maximum atomic E-state index is 9.65. The van der Waals surface area contributed by atoms with Crippen LogP contribution in [0.2, 0.25) is 0 Å². The lowest BCUT2D eigenvalue weighted by Gasteiger charge is -2.15. The van der Waals surface area contributed by atoms with E-state index >= 15 is 0 Å². The number of rotatable bonds is 7. The summed E-state index contributed by atoms with van der Waals surface area (Å²) in [5.41, 5.74) is 0. The van der Waals surface area contributed by atoms with E-state index in [2.05, 4.69) is 0 Å². The Morgan fingerprint density at radius 2 is 1.55 bits per heavy atom. The molecule has 0 heterocycles. The predicted molar refractivity (Wildman–Crippen MR) is 78.5 cm³/mol. The van der Waals surface area contributed by atoms with Crippen molar-refractivity contribution >= 4 is 10.8 Å². The molecule has 1 N–H and O–H groups in total. The molecule has 0 fully saturated rings. The molecule has 1 atom stereocenters. The van der Waals surface area contributed by atoms with E-state index in [1.54, 1.807) is 7.11 Å². The van der Waals surface area contributed by atoms with Crippen molar-refractivity contribution in [3.05, 3.63) is 36.4 Å². The Bertz CT molecular complexity index is 553. The van der Waals surface area contributed by atoms with E-state index in [-0.39, 0.29) is 13.2 Å². The van der Waals surface area contributed by atoms with Crippen molar-refractivity contribution in [2.75, 3.05) is 26.9 Å². The van der Waals surface area contributed by atoms with Gasteiger partial charge in [-0.25, -0.2) is 0 Å². The zero-order valence-corrected chi connectivity index (χ0v) is 11.8. The predicted octanol–water partition coefficient (Wildman–Crippen LogP) is 2.62. The maximum Gasteiger partial charge on any atom is 0.127 e. The van der Waals surface area contributed by atoms with Gasteiger partial charge in [-0.1, -0.05) is 24.3 Å². The highest BCUT2D eigenvalue weighted by molar-refractivity contribution is 5.93. The van der Waals surface area contributed by atoms with Gasteiger partial charge in [-0.3, -0.25) is 0 Å². The van der Waals surface area contributed by atoms with Crippen LogP contribution in [0.1, 0.15) is 6.92 Å². The smallest absolute Gasteiger partial charge is 0.127 e. The van der Waals surface area contributed by atoms with Crippen molar-refractivity contribution in [3.8, 4) is 11.5 Å². The molecular weight excluding hydrogens is 256 g/mol. The van der Waals surface area contributed by atoms with Gasteiger partial charge in [0.05, 0.1) is 13.2 Å². The summed E-state index contributed by atoms with van der Waals surface area (Å²) in [6, 6.07) is 11.7. The van der Waals surface area contributed by atoms with E-state index < -0.39 is 6.10 Å². The molecule has 0 aliphatic heterocycles. The highest BCUT2D eigenvalue weighted by Gasteiger charge is 2.09. The Morgan fingerprint density at radius 1 is 0.950 bits per heavy atom. The monoisotopic (exact) mass is 276 g/mol. The second kappa shape index (κ2) is 7.12. The average Bonchev–Trinajstić information content (AvgIpc) is 2.47. The Kier molecular flexibility index (Phi) is 5.21. The Hall–Kier alpha value is -1.78. The summed E-state index contributed by atoms with van der Waals surface area (Å²) in [5.74, 6) is 1.58. The van der Waals surface area contributed by atoms with E-state index in [0.717, 1.165) is 22.3 Å². The molecule has 4 nitrogen and oxygen atoms in total. The lowest BCUT2D eigenvalue weighted by atomic mass is 10.1. The van der Waals surface area contributed by atoms with Crippen LogP contribution in [-0.2, 0) is 4.74 Å². The molecule has 0 aromatic heterocycles. The molecule has 20 heavy (non-hydrogen) atoms. The minimum Gasteiger partial charge on any atom is -0.493 e. The summed E-state index contributed by atoms with van der Waals surface area (Å²) in [7, 11) is 1.55. The standard InChI is InChI=1S/C16H20O4/c1-3-19-15-8-9-16(20-11-12(17)10-18-2)14-7-5-4-6-13(14)15/h4-9,12,17H,3,10-11H2,1-2H3. The van der Waals surface area contributed by atoms with Crippen LogP contribution < -0.4 is 9.47 Å². The summed E-state index contributed by atoms with van der Waals surface area (Å²) in [5, 5.41) is 11.6. The van der Waals surface area contributed by atoms with E-state index in [9.17, 15) is 5.11 Å². The highest BCUT2D eigenvalue weighted by Crippen LogP contribution is 2.33. The van der Waals surface area contributed by atoms with Crippen LogP contribution in [-0.4, -0.2) is 38.1 Å². The normalized spacial score (nSPS) is 12.3. The van der Waals surface area contributed by atoms with Crippen molar-refractivity contribution in [2.45, 2.75) is 13.0 Å². The van der Waals surface area contributed by atoms with Gasteiger partial charge in [0.2, 0.25) is 0 Å². The zero-order chi connectivity index (χ0) is 14.4. The molecule has 1 unspecified atom stereocenters. The van der Waals surface area contributed by atoms with Crippen LogP contribution in [0, 0.1) is 0 Å². The third-order valence-corrected chi connectivity index (χ3v) is 2.93. The van der Waals surface area contributed by atoms with Gasteiger partial charge >= 0.3 is 0 Å². The molecule has 0 saturated carbocycles. The lowest BCUT2D eigenvalue weighted by Crippen LogP contribution is -2.22. The summed E-state index contributed by atoms with van der Waals surface area (Å²) < 4.78 is 16.2. The van der Waals surface area contributed by atoms with Crippen molar-refractivity contribution in [2.24, 2.45) is 0 Å². The lowest BCUT2D eigenvalue weighted by molar-refractivity contribution is 0.0329. The molecule has 0 aliphatic carbocycles. The first kappa shape index (κ1) is 14.6. The molecule has 108 valence electrons. The van der Waals surface area contributed by atoms with E-state index in [1.807, 2.05) is 43.3 Å². The first-order valence-corrected chi connectivity index (χ1v) is 6.70. The van der Waals surface area contributed by atoms with Gasteiger partial charge < -0.3 is 19.3 Å². The van der Waals surface area contributed by atoms with E-state index in [4.69, 9.17) is 14.2 Å². The number of aliphatic hydroxyl groups excluding tert-OH is 1. The molecule has 0 radical (unpaired) electrons. The van der Waals surface area contributed by atoms with Gasteiger partial charge in [-0.05, 0) is 19.1 Å². The molecule has 0 saturated heterocycles. The Labute approximate surface area is 118 Å². The van der Waals surface area contributed by atoms with Gasteiger partial charge in [-0.15, -0.1) is 0 Å². The van der Waals surface area contributed by atoms with Gasteiger partial charge in [0.15, 0.2) is 0 Å². The number of benzene rings is 2. The first-order chi connectivity index (χ1) is 9.76. The van der Waals surface area contributed by atoms with Gasteiger partial charge in [0.1, 0.15) is 24.2 Å². The quantitative estimate of drug-likeness (QED) is 0.844. The Morgan fingerprint density at radius 3 is 2.10 bits per heavy atom. The minimum absolute atomic E-state index is 0.200. The summed E-state index contributed by atoms with van der Waals surface area (Å²) in [6.45, 7) is 3.04. The molecule has 2 aromatic carbocycles. The van der Waals surface area contributed by atoms with Gasteiger partial charge in [0.25, 0.3) is 0 Å². The zero-order valence-electron chi connectivity index (χ0n) is 11.8.